The highest BCUT2D eigenvalue weighted by molar-refractivity contribution is 7.99. The Bertz CT molecular complexity index is 1100. The number of benzene rings is 2. The normalized spacial score (nSPS) is 11.2. The van der Waals surface area contributed by atoms with E-state index in [1.54, 1.807) is 16.3 Å². The first kappa shape index (κ1) is 14.9. The summed E-state index contributed by atoms with van der Waals surface area (Å²) in [5.74, 6) is 1.44. The molecule has 0 atom stereocenters. The van der Waals surface area contributed by atoms with E-state index in [0.717, 1.165) is 22.2 Å². The quantitative estimate of drug-likeness (QED) is 0.419. The molecule has 4 nitrogen and oxygen atoms in total. The van der Waals surface area contributed by atoms with Crippen molar-refractivity contribution in [2.24, 2.45) is 0 Å². The summed E-state index contributed by atoms with van der Waals surface area (Å²) in [7, 11) is 0. The van der Waals surface area contributed by atoms with Crippen molar-refractivity contribution in [3.8, 4) is 5.82 Å². The average Bonchev–Trinajstić information content (AvgIpc) is 2.62. The van der Waals surface area contributed by atoms with Crippen molar-refractivity contribution in [3.63, 3.8) is 0 Å². The van der Waals surface area contributed by atoms with Crippen LogP contribution in [0.25, 0.3) is 27.6 Å². The number of para-hydroxylation sites is 2. The number of pyridine rings is 1. The van der Waals surface area contributed by atoms with E-state index in [0.29, 0.717) is 16.4 Å². The number of rotatable bonds is 3. The van der Waals surface area contributed by atoms with E-state index in [-0.39, 0.29) is 5.56 Å². The number of nitrogens with zero attached hydrogens (tertiary/aromatic N) is 3. The molecule has 2 heterocycles. The van der Waals surface area contributed by atoms with Gasteiger partial charge in [-0.3, -0.25) is 4.79 Å². The van der Waals surface area contributed by atoms with E-state index >= 15 is 0 Å². The van der Waals surface area contributed by atoms with Crippen LogP contribution in [0.5, 0.6) is 0 Å². The van der Waals surface area contributed by atoms with Crippen molar-refractivity contribution in [1.29, 1.82) is 0 Å². The van der Waals surface area contributed by atoms with Crippen LogP contribution in [0, 0.1) is 0 Å². The molecule has 0 radical (unpaired) electrons. The van der Waals surface area contributed by atoms with Crippen LogP contribution in [0.1, 0.15) is 6.92 Å². The maximum Gasteiger partial charge on any atom is 0.267 e. The maximum absolute atomic E-state index is 13.0. The molecular weight excluding hydrogens is 318 g/mol. The van der Waals surface area contributed by atoms with E-state index in [2.05, 4.69) is 9.97 Å². The molecule has 0 aliphatic carbocycles. The van der Waals surface area contributed by atoms with Gasteiger partial charge >= 0.3 is 0 Å². The standard InChI is InChI=1S/C19H15N3OS/c1-2-24-19-21-16-10-6-4-8-14(16)18(23)22(19)17-12-11-13-7-3-5-9-15(13)20-17/h3-12H,2H2,1H3. The third kappa shape index (κ3) is 2.47. The Labute approximate surface area is 143 Å². The molecule has 5 heteroatoms. The Morgan fingerprint density at radius 3 is 2.50 bits per heavy atom. The molecule has 0 saturated heterocycles. The highest BCUT2D eigenvalue weighted by Crippen LogP contribution is 2.21. The number of aromatic nitrogens is 3. The van der Waals surface area contributed by atoms with Crippen LogP contribution in [-0.4, -0.2) is 20.3 Å². The second-order valence-electron chi connectivity index (χ2n) is 5.35. The van der Waals surface area contributed by atoms with Gasteiger partial charge in [0.25, 0.3) is 5.56 Å². The lowest BCUT2D eigenvalue weighted by Crippen LogP contribution is -2.22. The van der Waals surface area contributed by atoms with E-state index in [9.17, 15) is 4.79 Å². The largest absolute Gasteiger partial charge is 0.268 e. The van der Waals surface area contributed by atoms with Crippen molar-refractivity contribution >= 4 is 33.6 Å². The summed E-state index contributed by atoms with van der Waals surface area (Å²) in [6.07, 6.45) is 0. The van der Waals surface area contributed by atoms with Gasteiger partial charge in [-0.2, -0.15) is 0 Å². The monoisotopic (exact) mass is 333 g/mol. The summed E-state index contributed by atoms with van der Waals surface area (Å²) < 4.78 is 1.61. The van der Waals surface area contributed by atoms with Gasteiger partial charge in [-0.1, -0.05) is 49.0 Å². The smallest absolute Gasteiger partial charge is 0.267 e. The zero-order valence-corrected chi connectivity index (χ0v) is 14.0. The summed E-state index contributed by atoms with van der Waals surface area (Å²) in [5.41, 5.74) is 1.50. The lowest BCUT2D eigenvalue weighted by molar-refractivity contribution is 0.800. The number of hydrogen-bond donors (Lipinski definition) is 0. The van der Waals surface area contributed by atoms with Crippen LogP contribution in [0.15, 0.2) is 70.6 Å². The van der Waals surface area contributed by atoms with Gasteiger partial charge in [0.15, 0.2) is 5.16 Å². The molecule has 118 valence electrons. The van der Waals surface area contributed by atoms with Crippen LogP contribution in [0.4, 0.5) is 0 Å². The van der Waals surface area contributed by atoms with E-state index < -0.39 is 0 Å². The van der Waals surface area contributed by atoms with Gasteiger partial charge in [0, 0.05) is 5.39 Å². The van der Waals surface area contributed by atoms with E-state index in [1.807, 2.05) is 67.6 Å². The minimum Gasteiger partial charge on any atom is -0.268 e. The Balaban J connectivity index is 2.04. The Kier molecular flexibility index (Phi) is 3.78. The first-order chi connectivity index (χ1) is 11.8. The molecular formula is C19H15N3OS. The lowest BCUT2D eigenvalue weighted by atomic mass is 10.2. The highest BCUT2D eigenvalue weighted by Gasteiger charge is 2.13. The molecule has 0 amide bonds. The topological polar surface area (TPSA) is 47.8 Å². The zero-order valence-electron chi connectivity index (χ0n) is 13.1. The number of hydrogen-bond acceptors (Lipinski definition) is 4. The predicted octanol–water partition coefficient (Wildman–Crippen LogP) is 4.05. The van der Waals surface area contributed by atoms with Crippen molar-refractivity contribution in [2.75, 3.05) is 5.75 Å². The fourth-order valence-corrected chi connectivity index (χ4v) is 3.45. The van der Waals surface area contributed by atoms with Gasteiger partial charge < -0.3 is 0 Å². The molecule has 4 rings (SSSR count). The number of fused-ring (bicyclic) bond motifs is 2. The van der Waals surface area contributed by atoms with Gasteiger partial charge in [-0.15, -0.1) is 0 Å². The molecule has 0 aliphatic heterocycles. The van der Waals surface area contributed by atoms with Gasteiger partial charge in [0.2, 0.25) is 0 Å². The predicted molar refractivity (Wildman–Crippen MR) is 99.0 cm³/mol. The Morgan fingerprint density at radius 2 is 1.67 bits per heavy atom. The molecule has 0 unspecified atom stereocenters. The lowest BCUT2D eigenvalue weighted by Gasteiger charge is -2.12. The van der Waals surface area contributed by atoms with Crippen LogP contribution in [0.2, 0.25) is 0 Å². The first-order valence-corrected chi connectivity index (χ1v) is 8.77. The van der Waals surface area contributed by atoms with Crippen LogP contribution in [0.3, 0.4) is 0 Å². The second-order valence-corrected chi connectivity index (χ2v) is 6.58. The van der Waals surface area contributed by atoms with Crippen molar-refractivity contribution in [2.45, 2.75) is 12.1 Å². The van der Waals surface area contributed by atoms with Crippen molar-refractivity contribution in [1.82, 2.24) is 14.5 Å². The Hall–Kier alpha value is -2.66. The van der Waals surface area contributed by atoms with E-state index in [1.165, 1.54) is 0 Å². The molecule has 0 fully saturated rings. The van der Waals surface area contributed by atoms with E-state index in [4.69, 9.17) is 0 Å². The minimum absolute atomic E-state index is 0.0840. The second kappa shape index (κ2) is 6.09. The molecule has 0 N–H and O–H groups in total. The highest BCUT2D eigenvalue weighted by atomic mass is 32.2. The van der Waals surface area contributed by atoms with Crippen molar-refractivity contribution < 1.29 is 0 Å². The van der Waals surface area contributed by atoms with Crippen molar-refractivity contribution in [3.05, 3.63) is 71.0 Å². The molecule has 0 saturated carbocycles. The summed E-state index contributed by atoms with van der Waals surface area (Å²) in [5, 5.41) is 2.32. The zero-order chi connectivity index (χ0) is 16.5. The first-order valence-electron chi connectivity index (χ1n) is 7.78. The van der Waals surface area contributed by atoms with Gasteiger partial charge in [-0.25, -0.2) is 14.5 Å². The number of thioether (sulfide) groups is 1. The van der Waals surface area contributed by atoms with Gasteiger partial charge in [0.1, 0.15) is 5.82 Å². The third-order valence-corrected chi connectivity index (χ3v) is 4.65. The molecule has 4 aromatic rings. The maximum atomic E-state index is 13.0. The fourth-order valence-electron chi connectivity index (χ4n) is 2.72. The molecule has 0 spiro atoms. The summed E-state index contributed by atoms with van der Waals surface area (Å²) >= 11 is 1.54. The molecule has 24 heavy (non-hydrogen) atoms. The molecule has 0 aliphatic rings. The Morgan fingerprint density at radius 1 is 0.917 bits per heavy atom. The van der Waals surface area contributed by atoms with Crippen LogP contribution in [-0.2, 0) is 0 Å². The third-order valence-electron chi connectivity index (χ3n) is 3.83. The molecule has 2 aromatic heterocycles. The summed E-state index contributed by atoms with van der Waals surface area (Å²) in [6.45, 7) is 2.05. The summed E-state index contributed by atoms with van der Waals surface area (Å²) in [4.78, 5) is 22.4. The minimum atomic E-state index is -0.0840. The summed E-state index contributed by atoms with van der Waals surface area (Å²) in [6, 6.07) is 19.2. The van der Waals surface area contributed by atoms with Gasteiger partial charge in [-0.05, 0) is 36.1 Å². The average molecular weight is 333 g/mol. The van der Waals surface area contributed by atoms with Crippen LogP contribution >= 0.6 is 11.8 Å². The fraction of sp³-hybridized carbons (Fsp3) is 0.105. The molecule has 2 aromatic carbocycles. The van der Waals surface area contributed by atoms with Crippen LogP contribution < -0.4 is 5.56 Å². The SMILES string of the molecule is CCSc1nc2ccccc2c(=O)n1-c1ccc2ccccc2n1. The van der Waals surface area contributed by atoms with Gasteiger partial charge in [0.05, 0.1) is 16.4 Å². The molecule has 0 bridgehead atoms.